The van der Waals surface area contributed by atoms with Gasteiger partial charge in [0.15, 0.2) is 0 Å². The molecule has 2 aromatic rings. The van der Waals surface area contributed by atoms with Crippen molar-refractivity contribution in [1.29, 1.82) is 0 Å². The van der Waals surface area contributed by atoms with E-state index in [4.69, 9.17) is 4.74 Å². The van der Waals surface area contributed by atoms with Crippen LogP contribution < -0.4 is 10.2 Å². The molecule has 1 unspecified atom stereocenters. The largest absolute Gasteiger partial charge is 0.416 e. The Labute approximate surface area is 186 Å². The summed E-state index contributed by atoms with van der Waals surface area (Å²) in [6.45, 7) is 4.82. The molecular weight excluding hydrogens is 419 g/mol. The maximum absolute atomic E-state index is 12.8. The summed E-state index contributed by atoms with van der Waals surface area (Å²) in [7, 11) is 1.63. The third kappa shape index (κ3) is 5.07. The van der Waals surface area contributed by atoms with Crippen LogP contribution in [-0.4, -0.2) is 57.2 Å². The molecule has 1 N–H and O–H groups in total. The Hall–Kier alpha value is -2.58. The topological polar surface area (TPSA) is 44.8 Å². The summed E-state index contributed by atoms with van der Waals surface area (Å²) in [6, 6.07) is 11.2. The second-order valence-corrected chi connectivity index (χ2v) is 8.26. The van der Waals surface area contributed by atoms with E-state index in [2.05, 4.69) is 15.1 Å². The van der Waals surface area contributed by atoms with E-state index in [1.165, 1.54) is 5.56 Å². The van der Waals surface area contributed by atoms with Gasteiger partial charge in [0, 0.05) is 51.0 Å². The van der Waals surface area contributed by atoms with E-state index < -0.39 is 11.7 Å². The monoisotopic (exact) mass is 447 g/mol. The summed E-state index contributed by atoms with van der Waals surface area (Å²) in [5.41, 5.74) is 3.22. The predicted octanol–water partition coefficient (Wildman–Crippen LogP) is 3.89. The molecule has 2 aliphatic rings. The summed E-state index contributed by atoms with van der Waals surface area (Å²) in [4.78, 5) is 16.4. The SMILES string of the molecule is CNC(=O)c1ccc2c(c1)CCOC2CCN1CCN(c2ccc(C(F)(F)F)cc2)CC1. The number of amides is 1. The van der Waals surface area contributed by atoms with Gasteiger partial charge in [0.05, 0.1) is 18.3 Å². The minimum absolute atomic E-state index is 0.0189. The zero-order chi connectivity index (χ0) is 22.7. The normalized spacial score (nSPS) is 19.5. The maximum atomic E-state index is 12.8. The van der Waals surface area contributed by atoms with Crippen molar-refractivity contribution in [2.75, 3.05) is 51.3 Å². The number of carbonyl (C=O) groups is 1. The smallest absolute Gasteiger partial charge is 0.373 e. The summed E-state index contributed by atoms with van der Waals surface area (Å²) >= 11 is 0. The standard InChI is InChI=1S/C24H28F3N3O2/c1-28-23(31)18-2-7-21-17(16-18)9-15-32-22(21)8-10-29-11-13-30(14-12-29)20-5-3-19(4-6-20)24(25,26)27/h2-7,16,22H,8-15H2,1H3,(H,28,31). The van der Waals surface area contributed by atoms with E-state index in [0.717, 1.165) is 68.9 Å². The number of ether oxygens (including phenoxy) is 1. The number of benzene rings is 2. The van der Waals surface area contributed by atoms with Gasteiger partial charge < -0.3 is 15.0 Å². The van der Waals surface area contributed by atoms with E-state index in [0.29, 0.717) is 12.2 Å². The van der Waals surface area contributed by atoms with Gasteiger partial charge in [-0.2, -0.15) is 13.2 Å². The van der Waals surface area contributed by atoms with Crippen molar-refractivity contribution in [3.63, 3.8) is 0 Å². The Morgan fingerprint density at radius 1 is 1.09 bits per heavy atom. The van der Waals surface area contributed by atoms with Gasteiger partial charge in [-0.25, -0.2) is 0 Å². The third-order valence-electron chi connectivity index (χ3n) is 6.31. The molecule has 1 saturated heterocycles. The highest BCUT2D eigenvalue weighted by Crippen LogP contribution is 2.32. The Morgan fingerprint density at radius 3 is 2.47 bits per heavy atom. The minimum atomic E-state index is -4.30. The average molecular weight is 448 g/mol. The van der Waals surface area contributed by atoms with Gasteiger partial charge in [-0.05, 0) is 60.4 Å². The lowest BCUT2D eigenvalue weighted by molar-refractivity contribution is -0.137. The second kappa shape index (κ2) is 9.50. The van der Waals surface area contributed by atoms with Crippen molar-refractivity contribution >= 4 is 11.6 Å². The lowest BCUT2D eigenvalue weighted by atomic mass is 9.93. The van der Waals surface area contributed by atoms with E-state index in [-0.39, 0.29) is 12.0 Å². The molecule has 8 heteroatoms. The highest BCUT2D eigenvalue weighted by Gasteiger charge is 2.30. The van der Waals surface area contributed by atoms with Gasteiger partial charge in [0.25, 0.3) is 5.91 Å². The van der Waals surface area contributed by atoms with Crippen LogP contribution in [0.15, 0.2) is 42.5 Å². The van der Waals surface area contributed by atoms with Crippen LogP contribution in [0.4, 0.5) is 18.9 Å². The van der Waals surface area contributed by atoms with E-state index >= 15 is 0 Å². The number of piperazine rings is 1. The molecule has 0 spiro atoms. The van der Waals surface area contributed by atoms with Gasteiger partial charge in [-0.15, -0.1) is 0 Å². The summed E-state index contributed by atoms with van der Waals surface area (Å²) in [5, 5.41) is 2.66. The number of halogens is 3. The highest BCUT2D eigenvalue weighted by atomic mass is 19.4. The van der Waals surface area contributed by atoms with Crippen LogP contribution in [0, 0.1) is 0 Å². The third-order valence-corrected chi connectivity index (χ3v) is 6.31. The fourth-order valence-electron chi connectivity index (χ4n) is 4.45. The van der Waals surface area contributed by atoms with Gasteiger partial charge in [-0.1, -0.05) is 6.07 Å². The molecule has 1 fully saturated rings. The number of anilines is 1. The summed E-state index contributed by atoms with van der Waals surface area (Å²) in [6.07, 6.45) is -2.61. The predicted molar refractivity (Wildman–Crippen MR) is 117 cm³/mol. The van der Waals surface area contributed by atoms with Crippen LogP contribution in [0.2, 0.25) is 0 Å². The van der Waals surface area contributed by atoms with Gasteiger partial charge in [0.1, 0.15) is 0 Å². The van der Waals surface area contributed by atoms with Gasteiger partial charge >= 0.3 is 6.18 Å². The molecule has 2 aromatic carbocycles. The molecule has 1 amide bonds. The average Bonchev–Trinajstić information content (AvgIpc) is 2.81. The zero-order valence-corrected chi connectivity index (χ0v) is 18.1. The number of hydrogen-bond donors (Lipinski definition) is 1. The first-order chi connectivity index (χ1) is 15.3. The van der Waals surface area contributed by atoms with Crippen LogP contribution in [0.25, 0.3) is 0 Å². The second-order valence-electron chi connectivity index (χ2n) is 8.26. The van der Waals surface area contributed by atoms with Crippen LogP contribution in [-0.2, 0) is 17.3 Å². The quantitative estimate of drug-likeness (QED) is 0.756. The molecule has 1 atom stereocenters. The van der Waals surface area contributed by atoms with Gasteiger partial charge in [0.2, 0.25) is 0 Å². The molecule has 0 radical (unpaired) electrons. The first-order valence-electron chi connectivity index (χ1n) is 11.0. The number of fused-ring (bicyclic) bond motifs is 1. The number of nitrogens with one attached hydrogen (secondary N) is 1. The van der Waals surface area contributed by atoms with Crippen molar-refractivity contribution < 1.29 is 22.7 Å². The molecule has 5 nitrogen and oxygen atoms in total. The molecule has 32 heavy (non-hydrogen) atoms. The molecule has 4 rings (SSSR count). The Kier molecular flexibility index (Phi) is 6.71. The van der Waals surface area contributed by atoms with E-state index in [1.54, 1.807) is 19.2 Å². The number of rotatable bonds is 5. The van der Waals surface area contributed by atoms with Crippen LogP contribution >= 0.6 is 0 Å². The van der Waals surface area contributed by atoms with Crippen LogP contribution in [0.1, 0.15) is 39.6 Å². The van der Waals surface area contributed by atoms with Crippen molar-refractivity contribution in [3.8, 4) is 0 Å². The Morgan fingerprint density at radius 2 is 1.81 bits per heavy atom. The molecule has 172 valence electrons. The molecule has 2 aliphatic heterocycles. The van der Waals surface area contributed by atoms with Crippen molar-refractivity contribution in [2.45, 2.75) is 25.1 Å². The molecular formula is C24H28F3N3O2. The van der Waals surface area contributed by atoms with E-state index in [1.807, 2.05) is 18.2 Å². The van der Waals surface area contributed by atoms with Crippen LogP contribution in [0.5, 0.6) is 0 Å². The Bertz CT molecular complexity index is 938. The minimum Gasteiger partial charge on any atom is -0.373 e. The number of alkyl halides is 3. The summed E-state index contributed by atoms with van der Waals surface area (Å²) < 4.78 is 44.3. The van der Waals surface area contributed by atoms with Crippen LogP contribution in [0.3, 0.4) is 0 Å². The first-order valence-corrected chi connectivity index (χ1v) is 11.0. The molecule has 0 aromatic heterocycles. The lowest BCUT2D eigenvalue weighted by Gasteiger charge is -2.37. The fourth-order valence-corrected chi connectivity index (χ4v) is 4.45. The summed E-state index contributed by atoms with van der Waals surface area (Å²) in [5.74, 6) is -0.0817. The number of nitrogens with zero attached hydrogens (tertiary/aromatic N) is 2. The maximum Gasteiger partial charge on any atom is 0.416 e. The van der Waals surface area contributed by atoms with Crippen molar-refractivity contribution in [1.82, 2.24) is 10.2 Å². The Balaban J connectivity index is 1.30. The van der Waals surface area contributed by atoms with Gasteiger partial charge in [-0.3, -0.25) is 9.69 Å². The first kappa shape index (κ1) is 22.6. The number of carbonyl (C=O) groups excluding carboxylic acids is 1. The highest BCUT2D eigenvalue weighted by molar-refractivity contribution is 5.94. The molecule has 0 saturated carbocycles. The lowest BCUT2D eigenvalue weighted by Crippen LogP contribution is -2.47. The zero-order valence-electron chi connectivity index (χ0n) is 18.1. The molecule has 2 heterocycles. The number of hydrogen-bond acceptors (Lipinski definition) is 4. The van der Waals surface area contributed by atoms with Crippen molar-refractivity contribution in [2.24, 2.45) is 0 Å². The molecule has 0 aliphatic carbocycles. The fraction of sp³-hybridized carbons (Fsp3) is 0.458. The van der Waals surface area contributed by atoms with E-state index in [9.17, 15) is 18.0 Å². The molecule has 0 bridgehead atoms. The van der Waals surface area contributed by atoms with Crippen molar-refractivity contribution in [3.05, 3.63) is 64.7 Å².